The molecule has 0 aliphatic rings. The zero-order valence-electron chi connectivity index (χ0n) is 17.0. The summed E-state index contributed by atoms with van der Waals surface area (Å²) in [6.45, 7) is 6.14. The smallest absolute Gasteiger partial charge is 0.224 e. The number of hydrogen-bond acceptors (Lipinski definition) is 3. The third-order valence-electron chi connectivity index (χ3n) is 4.99. The summed E-state index contributed by atoms with van der Waals surface area (Å²) in [6.07, 6.45) is 2.06. The Morgan fingerprint density at radius 1 is 1.14 bits per heavy atom. The van der Waals surface area contributed by atoms with E-state index in [1.54, 1.807) is 7.11 Å². The second-order valence-electron chi connectivity index (χ2n) is 6.86. The number of anilines is 1. The van der Waals surface area contributed by atoms with E-state index in [1.165, 1.54) is 5.56 Å². The lowest BCUT2D eigenvalue weighted by molar-refractivity contribution is -0.116. The maximum atomic E-state index is 12.4. The van der Waals surface area contributed by atoms with Crippen LogP contribution in [0.3, 0.4) is 0 Å². The molecule has 1 N–H and O–H groups in total. The number of amides is 1. The number of benzene rings is 2. The van der Waals surface area contributed by atoms with Crippen LogP contribution in [0, 0.1) is 13.8 Å². The molecule has 0 bridgehead atoms. The lowest BCUT2D eigenvalue weighted by Crippen LogP contribution is -2.12. The Hall–Kier alpha value is -3.08. The van der Waals surface area contributed by atoms with Crippen molar-refractivity contribution in [3.05, 3.63) is 71.0 Å². The molecule has 5 nitrogen and oxygen atoms in total. The second-order valence-corrected chi connectivity index (χ2v) is 6.86. The van der Waals surface area contributed by atoms with Gasteiger partial charge in [0.15, 0.2) is 0 Å². The SMILES string of the molecule is CCc1ccc(NC(=O)CCc2c(C)nn(-c3cccc(OC)c3)c2C)cc1. The van der Waals surface area contributed by atoms with Crippen molar-refractivity contribution in [1.29, 1.82) is 0 Å². The minimum atomic E-state index is 0.0113. The van der Waals surface area contributed by atoms with Crippen LogP contribution in [-0.2, 0) is 17.6 Å². The molecule has 146 valence electrons. The van der Waals surface area contributed by atoms with Crippen LogP contribution in [0.5, 0.6) is 5.75 Å². The van der Waals surface area contributed by atoms with Crippen LogP contribution in [-0.4, -0.2) is 22.8 Å². The van der Waals surface area contributed by atoms with Gasteiger partial charge in [-0.25, -0.2) is 4.68 Å². The van der Waals surface area contributed by atoms with Crippen molar-refractivity contribution in [2.24, 2.45) is 0 Å². The molecule has 0 unspecified atom stereocenters. The van der Waals surface area contributed by atoms with Gasteiger partial charge in [0.1, 0.15) is 5.75 Å². The van der Waals surface area contributed by atoms with Crippen molar-refractivity contribution < 1.29 is 9.53 Å². The van der Waals surface area contributed by atoms with Crippen molar-refractivity contribution >= 4 is 11.6 Å². The topological polar surface area (TPSA) is 56.2 Å². The Kier molecular flexibility index (Phi) is 6.14. The molecule has 3 rings (SSSR count). The quantitative estimate of drug-likeness (QED) is 0.653. The minimum Gasteiger partial charge on any atom is -0.497 e. The number of nitrogens with one attached hydrogen (secondary N) is 1. The lowest BCUT2D eigenvalue weighted by atomic mass is 10.1. The van der Waals surface area contributed by atoms with E-state index in [0.29, 0.717) is 12.8 Å². The molecule has 1 amide bonds. The summed E-state index contributed by atoms with van der Waals surface area (Å²) in [5, 5.41) is 7.64. The fourth-order valence-electron chi connectivity index (χ4n) is 3.32. The summed E-state index contributed by atoms with van der Waals surface area (Å²) >= 11 is 0. The Balaban J connectivity index is 1.68. The number of rotatable bonds is 7. The van der Waals surface area contributed by atoms with Crippen molar-refractivity contribution in [1.82, 2.24) is 9.78 Å². The standard InChI is InChI=1S/C23H27N3O2/c1-5-18-9-11-19(12-10-18)24-23(27)14-13-22-16(2)25-26(17(22)3)20-7-6-8-21(15-20)28-4/h6-12,15H,5,13-14H2,1-4H3,(H,24,27). The summed E-state index contributed by atoms with van der Waals surface area (Å²) in [6, 6.07) is 15.8. The zero-order chi connectivity index (χ0) is 20.1. The van der Waals surface area contributed by atoms with Gasteiger partial charge in [-0.15, -0.1) is 0 Å². The third kappa shape index (κ3) is 4.42. The fraction of sp³-hybridized carbons (Fsp3) is 0.304. The molecular formula is C23H27N3O2. The van der Waals surface area contributed by atoms with Gasteiger partial charge in [-0.05, 0) is 62.1 Å². The lowest BCUT2D eigenvalue weighted by Gasteiger charge is -2.08. The predicted molar refractivity (Wildman–Crippen MR) is 112 cm³/mol. The Morgan fingerprint density at radius 2 is 1.89 bits per heavy atom. The summed E-state index contributed by atoms with van der Waals surface area (Å²) < 4.78 is 7.22. The number of carbonyl (C=O) groups excluding carboxylic acids is 1. The van der Waals surface area contributed by atoms with Crippen LogP contribution < -0.4 is 10.1 Å². The van der Waals surface area contributed by atoms with E-state index in [-0.39, 0.29) is 5.91 Å². The van der Waals surface area contributed by atoms with Crippen molar-refractivity contribution in [2.45, 2.75) is 40.0 Å². The molecule has 0 atom stereocenters. The molecule has 0 saturated carbocycles. The van der Waals surface area contributed by atoms with Crippen LogP contribution in [0.1, 0.15) is 35.9 Å². The van der Waals surface area contributed by atoms with Gasteiger partial charge in [0.05, 0.1) is 18.5 Å². The van der Waals surface area contributed by atoms with Gasteiger partial charge in [0.25, 0.3) is 0 Å². The highest BCUT2D eigenvalue weighted by Gasteiger charge is 2.14. The second kappa shape index (κ2) is 8.74. The molecule has 0 aliphatic carbocycles. The zero-order valence-corrected chi connectivity index (χ0v) is 17.0. The molecule has 2 aromatic carbocycles. The molecule has 0 fully saturated rings. The molecular weight excluding hydrogens is 350 g/mol. The first-order valence-corrected chi connectivity index (χ1v) is 9.60. The van der Waals surface area contributed by atoms with Crippen LogP contribution >= 0.6 is 0 Å². The fourth-order valence-corrected chi connectivity index (χ4v) is 3.32. The van der Waals surface area contributed by atoms with Gasteiger partial charge < -0.3 is 10.1 Å². The largest absolute Gasteiger partial charge is 0.497 e. The average Bonchev–Trinajstić information content (AvgIpc) is 3.00. The maximum absolute atomic E-state index is 12.4. The van der Waals surface area contributed by atoms with E-state index in [2.05, 4.69) is 17.3 Å². The van der Waals surface area contributed by atoms with E-state index in [0.717, 1.165) is 40.5 Å². The van der Waals surface area contributed by atoms with Crippen LogP contribution in [0.25, 0.3) is 5.69 Å². The Labute approximate surface area is 166 Å². The van der Waals surface area contributed by atoms with Gasteiger partial charge in [-0.3, -0.25) is 4.79 Å². The van der Waals surface area contributed by atoms with Gasteiger partial charge in [0, 0.05) is 23.9 Å². The molecule has 0 aliphatic heterocycles. The normalized spacial score (nSPS) is 10.7. The first-order valence-electron chi connectivity index (χ1n) is 9.60. The highest BCUT2D eigenvalue weighted by atomic mass is 16.5. The maximum Gasteiger partial charge on any atom is 0.224 e. The van der Waals surface area contributed by atoms with Crippen LogP contribution in [0.15, 0.2) is 48.5 Å². The van der Waals surface area contributed by atoms with Gasteiger partial charge in [-0.2, -0.15) is 5.10 Å². The molecule has 28 heavy (non-hydrogen) atoms. The van der Waals surface area contributed by atoms with E-state index >= 15 is 0 Å². The number of aryl methyl sites for hydroxylation is 2. The Bertz CT molecular complexity index is 958. The number of methoxy groups -OCH3 is 1. The molecule has 1 heterocycles. The first-order chi connectivity index (χ1) is 13.5. The number of nitrogens with zero attached hydrogens (tertiary/aromatic N) is 2. The molecule has 0 spiro atoms. The summed E-state index contributed by atoms with van der Waals surface area (Å²) in [7, 11) is 1.65. The Morgan fingerprint density at radius 3 is 2.57 bits per heavy atom. The van der Waals surface area contributed by atoms with E-state index < -0.39 is 0 Å². The molecule has 3 aromatic rings. The molecule has 0 radical (unpaired) electrons. The molecule has 5 heteroatoms. The minimum absolute atomic E-state index is 0.0113. The van der Waals surface area contributed by atoms with Gasteiger partial charge in [-0.1, -0.05) is 25.1 Å². The predicted octanol–water partition coefficient (Wildman–Crippen LogP) is 4.63. The van der Waals surface area contributed by atoms with E-state index in [1.807, 2.05) is 67.1 Å². The summed E-state index contributed by atoms with van der Waals surface area (Å²) in [5.74, 6) is 0.803. The van der Waals surface area contributed by atoms with Crippen molar-refractivity contribution in [3.63, 3.8) is 0 Å². The average molecular weight is 377 g/mol. The summed E-state index contributed by atoms with van der Waals surface area (Å²) in [4.78, 5) is 12.4. The van der Waals surface area contributed by atoms with Crippen molar-refractivity contribution in [2.75, 3.05) is 12.4 Å². The van der Waals surface area contributed by atoms with Crippen LogP contribution in [0.4, 0.5) is 5.69 Å². The monoisotopic (exact) mass is 377 g/mol. The number of carbonyl (C=O) groups is 1. The van der Waals surface area contributed by atoms with Crippen LogP contribution in [0.2, 0.25) is 0 Å². The highest BCUT2D eigenvalue weighted by Crippen LogP contribution is 2.22. The van der Waals surface area contributed by atoms with E-state index in [4.69, 9.17) is 4.74 Å². The van der Waals surface area contributed by atoms with E-state index in [9.17, 15) is 4.79 Å². The van der Waals surface area contributed by atoms with Crippen molar-refractivity contribution in [3.8, 4) is 11.4 Å². The molecule has 0 saturated heterocycles. The number of hydrogen-bond donors (Lipinski definition) is 1. The van der Waals surface area contributed by atoms with Gasteiger partial charge in [0.2, 0.25) is 5.91 Å². The summed E-state index contributed by atoms with van der Waals surface area (Å²) in [5.41, 5.74) is 6.15. The number of ether oxygens (including phenoxy) is 1. The highest BCUT2D eigenvalue weighted by molar-refractivity contribution is 5.90. The number of aromatic nitrogens is 2. The third-order valence-corrected chi connectivity index (χ3v) is 4.99. The van der Waals surface area contributed by atoms with Gasteiger partial charge >= 0.3 is 0 Å². The molecule has 1 aromatic heterocycles. The first kappa shape index (κ1) is 19.7.